The van der Waals surface area contributed by atoms with E-state index >= 15 is 0 Å². The third kappa shape index (κ3) is 2.58. The van der Waals surface area contributed by atoms with Crippen molar-refractivity contribution in [3.8, 4) is 17.1 Å². The summed E-state index contributed by atoms with van der Waals surface area (Å²) < 4.78 is 12.3. The summed E-state index contributed by atoms with van der Waals surface area (Å²) in [6, 6.07) is 4.03. The highest BCUT2D eigenvalue weighted by Crippen LogP contribution is 2.40. The number of tetrazole rings is 1. The first-order chi connectivity index (χ1) is 11.0. The molecule has 2 atom stereocenters. The standard InChI is InChI=1S/C13H13N5O5/c1-7(23-8(2)19)11-6-22-12-9(13-14-15-16-17(11)13)4-3-5-10(12)18(20)21/h3-5,7,11H,6H2,1-2H3/t7-,11-/m0/s1. The van der Waals surface area contributed by atoms with Gasteiger partial charge in [-0.3, -0.25) is 14.9 Å². The van der Waals surface area contributed by atoms with Crippen molar-refractivity contribution in [3.05, 3.63) is 28.3 Å². The number of rotatable bonds is 3. The number of fused-ring (bicyclic) bond motifs is 3. The molecule has 0 radical (unpaired) electrons. The van der Waals surface area contributed by atoms with Gasteiger partial charge in [-0.1, -0.05) is 6.07 Å². The van der Waals surface area contributed by atoms with E-state index in [-0.39, 0.29) is 18.0 Å². The Hall–Kier alpha value is -3.04. The first-order valence-corrected chi connectivity index (χ1v) is 6.84. The van der Waals surface area contributed by atoms with E-state index in [0.717, 1.165) is 0 Å². The molecule has 10 nitrogen and oxygen atoms in total. The number of hydrogen-bond acceptors (Lipinski definition) is 8. The minimum Gasteiger partial charge on any atom is -0.484 e. The molecule has 0 aliphatic carbocycles. The summed E-state index contributed by atoms with van der Waals surface area (Å²) in [6.45, 7) is 3.02. The van der Waals surface area contributed by atoms with Crippen molar-refractivity contribution in [3.63, 3.8) is 0 Å². The fourth-order valence-corrected chi connectivity index (χ4v) is 2.50. The zero-order valence-corrected chi connectivity index (χ0v) is 12.4. The van der Waals surface area contributed by atoms with Crippen LogP contribution in [0.3, 0.4) is 0 Å². The fraction of sp³-hybridized carbons (Fsp3) is 0.385. The Kier molecular flexibility index (Phi) is 3.64. The molecule has 10 heteroatoms. The lowest BCUT2D eigenvalue weighted by atomic mass is 10.1. The van der Waals surface area contributed by atoms with E-state index in [0.29, 0.717) is 11.4 Å². The smallest absolute Gasteiger partial charge is 0.311 e. The average Bonchev–Trinajstić information content (AvgIpc) is 2.89. The Morgan fingerprint density at radius 2 is 2.35 bits per heavy atom. The molecule has 0 bridgehead atoms. The van der Waals surface area contributed by atoms with Crippen molar-refractivity contribution in [2.75, 3.05) is 6.61 Å². The largest absolute Gasteiger partial charge is 0.484 e. The van der Waals surface area contributed by atoms with Gasteiger partial charge in [0, 0.05) is 13.0 Å². The van der Waals surface area contributed by atoms with Crippen LogP contribution in [0.4, 0.5) is 5.69 Å². The molecular weight excluding hydrogens is 306 g/mol. The van der Waals surface area contributed by atoms with Gasteiger partial charge in [-0.25, -0.2) is 4.68 Å². The molecule has 120 valence electrons. The minimum absolute atomic E-state index is 0.0321. The zero-order valence-electron chi connectivity index (χ0n) is 12.4. The molecule has 1 aromatic heterocycles. The van der Waals surface area contributed by atoms with E-state index in [4.69, 9.17) is 9.47 Å². The van der Waals surface area contributed by atoms with Gasteiger partial charge in [-0.15, -0.1) is 5.10 Å². The lowest BCUT2D eigenvalue weighted by Crippen LogP contribution is -2.31. The van der Waals surface area contributed by atoms with E-state index in [1.807, 2.05) is 0 Å². The molecule has 1 aromatic carbocycles. The van der Waals surface area contributed by atoms with Gasteiger partial charge in [-0.05, 0) is 23.4 Å². The molecule has 0 unspecified atom stereocenters. The zero-order chi connectivity index (χ0) is 16.6. The van der Waals surface area contributed by atoms with Gasteiger partial charge >= 0.3 is 11.7 Å². The number of nitrogens with zero attached hydrogens (tertiary/aromatic N) is 5. The maximum Gasteiger partial charge on any atom is 0.311 e. The monoisotopic (exact) mass is 319 g/mol. The Morgan fingerprint density at radius 1 is 1.57 bits per heavy atom. The molecule has 0 amide bonds. The van der Waals surface area contributed by atoms with Gasteiger partial charge in [0.25, 0.3) is 0 Å². The number of aromatic nitrogens is 4. The Labute approximate surface area is 130 Å². The van der Waals surface area contributed by atoms with E-state index in [1.165, 1.54) is 23.7 Å². The number of carbonyl (C=O) groups excluding carboxylic acids is 1. The van der Waals surface area contributed by atoms with E-state index < -0.39 is 23.0 Å². The highest BCUT2D eigenvalue weighted by atomic mass is 16.6. The predicted octanol–water partition coefficient (Wildman–Crippen LogP) is 1.13. The summed E-state index contributed by atoms with van der Waals surface area (Å²) >= 11 is 0. The third-order valence-corrected chi connectivity index (χ3v) is 3.53. The number of benzene rings is 1. The molecule has 0 saturated carbocycles. The van der Waals surface area contributed by atoms with Crippen LogP contribution >= 0.6 is 0 Å². The van der Waals surface area contributed by atoms with Crippen LogP contribution in [0.2, 0.25) is 0 Å². The van der Waals surface area contributed by atoms with Crippen LogP contribution in [-0.4, -0.2) is 43.8 Å². The van der Waals surface area contributed by atoms with Crippen LogP contribution in [0.25, 0.3) is 11.4 Å². The summed E-state index contributed by atoms with van der Waals surface area (Å²) in [5, 5.41) is 22.7. The SMILES string of the molecule is CC(=O)O[C@@H](C)[C@@H]1COc2c(cccc2[N+](=O)[O-])-c2nnnn21. The van der Waals surface area contributed by atoms with Crippen LogP contribution in [-0.2, 0) is 9.53 Å². The Bertz CT molecular complexity index is 774. The fourth-order valence-electron chi connectivity index (χ4n) is 2.50. The summed E-state index contributed by atoms with van der Waals surface area (Å²) in [5.41, 5.74) is 0.250. The second kappa shape index (κ2) is 5.63. The molecule has 3 rings (SSSR count). The first-order valence-electron chi connectivity index (χ1n) is 6.84. The molecular formula is C13H13N5O5. The lowest BCUT2D eigenvalue weighted by Gasteiger charge is -2.22. The second-order valence-electron chi connectivity index (χ2n) is 5.05. The van der Waals surface area contributed by atoms with Crippen molar-refractivity contribution in [2.24, 2.45) is 0 Å². The van der Waals surface area contributed by atoms with Crippen molar-refractivity contribution in [1.82, 2.24) is 20.2 Å². The molecule has 0 fully saturated rings. The quantitative estimate of drug-likeness (QED) is 0.468. The average molecular weight is 319 g/mol. The molecule has 2 heterocycles. The van der Waals surface area contributed by atoms with Gasteiger partial charge in [0.1, 0.15) is 18.8 Å². The lowest BCUT2D eigenvalue weighted by molar-refractivity contribution is -0.385. The van der Waals surface area contributed by atoms with Gasteiger partial charge in [0.05, 0.1) is 10.5 Å². The van der Waals surface area contributed by atoms with Crippen LogP contribution in [0.1, 0.15) is 19.9 Å². The maximum absolute atomic E-state index is 11.2. The predicted molar refractivity (Wildman–Crippen MR) is 75.7 cm³/mol. The van der Waals surface area contributed by atoms with Crippen LogP contribution < -0.4 is 4.74 Å². The van der Waals surface area contributed by atoms with Crippen molar-refractivity contribution in [1.29, 1.82) is 0 Å². The van der Waals surface area contributed by atoms with Crippen LogP contribution in [0.15, 0.2) is 18.2 Å². The summed E-state index contributed by atoms with van der Waals surface area (Å²) in [6.07, 6.45) is -0.567. The molecule has 2 aromatic rings. The highest BCUT2D eigenvalue weighted by molar-refractivity contribution is 5.71. The number of nitro groups is 1. The molecule has 1 aliphatic rings. The minimum atomic E-state index is -0.567. The number of para-hydroxylation sites is 1. The van der Waals surface area contributed by atoms with Crippen LogP contribution in [0, 0.1) is 10.1 Å². The van der Waals surface area contributed by atoms with E-state index in [2.05, 4.69) is 15.5 Å². The van der Waals surface area contributed by atoms with Gasteiger partial charge < -0.3 is 9.47 Å². The summed E-state index contributed by atoms with van der Waals surface area (Å²) in [5.74, 6) is -0.0175. The molecule has 23 heavy (non-hydrogen) atoms. The number of ether oxygens (including phenoxy) is 2. The summed E-state index contributed by atoms with van der Waals surface area (Å²) in [4.78, 5) is 21.9. The Balaban J connectivity index is 2.08. The van der Waals surface area contributed by atoms with Gasteiger partial charge in [0.2, 0.25) is 5.75 Å². The number of esters is 1. The molecule has 0 N–H and O–H groups in total. The molecule has 0 saturated heterocycles. The molecule has 0 spiro atoms. The second-order valence-corrected chi connectivity index (χ2v) is 5.05. The van der Waals surface area contributed by atoms with Crippen molar-refractivity contribution < 1.29 is 19.2 Å². The normalized spacial score (nSPS) is 17.2. The Morgan fingerprint density at radius 3 is 3.04 bits per heavy atom. The summed E-state index contributed by atoms with van der Waals surface area (Å²) in [7, 11) is 0. The number of carbonyl (C=O) groups is 1. The molecule has 1 aliphatic heterocycles. The highest BCUT2D eigenvalue weighted by Gasteiger charge is 2.34. The van der Waals surface area contributed by atoms with E-state index in [1.54, 1.807) is 13.0 Å². The van der Waals surface area contributed by atoms with Gasteiger partial charge in [0.15, 0.2) is 5.82 Å². The van der Waals surface area contributed by atoms with Crippen molar-refractivity contribution >= 4 is 11.7 Å². The van der Waals surface area contributed by atoms with E-state index in [9.17, 15) is 14.9 Å². The first kappa shape index (κ1) is 14.9. The topological polar surface area (TPSA) is 122 Å². The number of hydrogen-bond donors (Lipinski definition) is 0. The maximum atomic E-state index is 11.2. The van der Waals surface area contributed by atoms with Crippen LogP contribution in [0.5, 0.6) is 5.75 Å². The van der Waals surface area contributed by atoms with Gasteiger partial charge in [-0.2, -0.15) is 0 Å². The third-order valence-electron chi connectivity index (χ3n) is 3.53. The number of nitro benzene ring substituents is 1. The van der Waals surface area contributed by atoms with Crippen molar-refractivity contribution in [2.45, 2.75) is 26.0 Å².